The van der Waals surface area contributed by atoms with E-state index in [1.165, 1.54) is 6.08 Å². The second-order valence-corrected chi connectivity index (χ2v) is 3.27. The minimum Gasteiger partial charge on any atom is -0.477 e. The van der Waals surface area contributed by atoms with Gasteiger partial charge in [-0.2, -0.15) is 5.26 Å². The summed E-state index contributed by atoms with van der Waals surface area (Å²) in [4.78, 5) is 10.6. The zero-order chi connectivity index (χ0) is 12.0. The quantitative estimate of drug-likeness (QED) is 0.477. The van der Waals surface area contributed by atoms with Crippen LogP contribution >= 0.6 is 0 Å². The van der Waals surface area contributed by atoms with E-state index in [1.807, 2.05) is 36.4 Å². The van der Waals surface area contributed by atoms with Gasteiger partial charge in [-0.1, -0.05) is 36.4 Å². The number of carboxylic acid groups (broad SMARTS) is 1. The first-order chi connectivity index (χ1) is 7.63. The van der Waals surface area contributed by atoms with Crippen LogP contribution in [0.1, 0.15) is 12.5 Å². The summed E-state index contributed by atoms with van der Waals surface area (Å²) in [6.45, 7) is 1.76. The molecule has 0 aliphatic rings. The molecule has 0 saturated carbocycles. The van der Waals surface area contributed by atoms with Gasteiger partial charge in [-0.15, -0.1) is 0 Å². The highest BCUT2D eigenvalue weighted by atomic mass is 16.4. The molecule has 0 aliphatic carbocycles. The van der Waals surface area contributed by atoms with Crippen LogP contribution in [0.15, 0.2) is 47.6 Å². The summed E-state index contributed by atoms with van der Waals surface area (Å²) < 4.78 is 0. The van der Waals surface area contributed by atoms with E-state index in [-0.39, 0.29) is 5.57 Å². The monoisotopic (exact) mass is 213 g/mol. The van der Waals surface area contributed by atoms with Crippen LogP contribution in [0.4, 0.5) is 0 Å². The summed E-state index contributed by atoms with van der Waals surface area (Å²) in [6.07, 6.45) is 3.18. The van der Waals surface area contributed by atoms with Crippen LogP contribution in [0.2, 0.25) is 0 Å². The fourth-order valence-electron chi connectivity index (χ4n) is 1.22. The van der Waals surface area contributed by atoms with Gasteiger partial charge in [-0.3, -0.25) is 0 Å². The number of carboxylic acids is 1. The number of nitriles is 1. The number of rotatable bonds is 3. The Balaban J connectivity index is 2.96. The van der Waals surface area contributed by atoms with Crippen molar-refractivity contribution in [1.29, 1.82) is 5.26 Å². The van der Waals surface area contributed by atoms with Gasteiger partial charge in [-0.25, -0.2) is 4.79 Å². The molecule has 1 aromatic rings. The Labute approximate surface area is 94.0 Å². The Hall–Kier alpha value is -2.34. The third-order valence-corrected chi connectivity index (χ3v) is 1.92. The maximum absolute atomic E-state index is 10.6. The average Bonchev–Trinajstić information content (AvgIpc) is 2.27. The predicted molar refractivity (Wildman–Crippen MR) is 61.4 cm³/mol. The number of nitrogens with zero attached hydrogens (tertiary/aromatic N) is 1. The summed E-state index contributed by atoms with van der Waals surface area (Å²) in [5, 5.41) is 17.3. The molecule has 0 atom stereocenters. The van der Waals surface area contributed by atoms with Crippen molar-refractivity contribution in [1.82, 2.24) is 0 Å². The molecular formula is C13H11NO2. The SMILES string of the molecule is CC(=Cc1ccccc1)C=C(C#N)C(=O)O. The van der Waals surface area contributed by atoms with Crippen LogP contribution in [-0.4, -0.2) is 11.1 Å². The fraction of sp³-hybridized carbons (Fsp3) is 0.0769. The molecular weight excluding hydrogens is 202 g/mol. The Morgan fingerprint density at radius 2 is 2.00 bits per heavy atom. The van der Waals surface area contributed by atoms with Gasteiger partial charge < -0.3 is 5.11 Å². The zero-order valence-corrected chi connectivity index (χ0v) is 8.84. The van der Waals surface area contributed by atoms with E-state index in [0.29, 0.717) is 0 Å². The first-order valence-corrected chi connectivity index (χ1v) is 4.72. The first-order valence-electron chi connectivity index (χ1n) is 4.72. The van der Waals surface area contributed by atoms with E-state index in [1.54, 1.807) is 13.0 Å². The van der Waals surface area contributed by atoms with Gasteiger partial charge in [0.25, 0.3) is 0 Å². The minimum atomic E-state index is -1.21. The maximum atomic E-state index is 10.6. The van der Waals surface area contributed by atoms with Crippen molar-refractivity contribution in [2.75, 3.05) is 0 Å². The molecule has 80 valence electrons. The van der Waals surface area contributed by atoms with Gasteiger partial charge in [0.15, 0.2) is 0 Å². The standard InChI is InChI=1S/C13H11NO2/c1-10(8-12(9-14)13(15)16)7-11-5-3-2-4-6-11/h2-8H,1H3,(H,15,16). The van der Waals surface area contributed by atoms with Gasteiger partial charge in [0.05, 0.1) is 0 Å². The molecule has 0 radical (unpaired) electrons. The third kappa shape index (κ3) is 3.43. The van der Waals surface area contributed by atoms with E-state index in [0.717, 1.165) is 11.1 Å². The van der Waals surface area contributed by atoms with Crippen LogP contribution in [0.3, 0.4) is 0 Å². The average molecular weight is 213 g/mol. The number of hydrogen-bond donors (Lipinski definition) is 1. The Morgan fingerprint density at radius 3 is 2.50 bits per heavy atom. The number of allylic oxidation sites excluding steroid dienone is 2. The Bertz CT molecular complexity index is 478. The molecule has 0 unspecified atom stereocenters. The molecule has 3 nitrogen and oxygen atoms in total. The van der Waals surface area contributed by atoms with Crippen LogP contribution < -0.4 is 0 Å². The second kappa shape index (κ2) is 5.52. The maximum Gasteiger partial charge on any atom is 0.346 e. The number of hydrogen-bond acceptors (Lipinski definition) is 2. The summed E-state index contributed by atoms with van der Waals surface area (Å²) in [5.41, 5.74) is 1.44. The largest absolute Gasteiger partial charge is 0.477 e. The highest BCUT2D eigenvalue weighted by Gasteiger charge is 2.04. The van der Waals surface area contributed by atoms with E-state index in [4.69, 9.17) is 10.4 Å². The molecule has 1 N–H and O–H groups in total. The highest BCUT2D eigenvalue weighted by Crippen LogP contribution is 2.09. The lowest BCUT2D eigenvalue weighted by Crippen LogP contribution is -1.97. The molecule has 0 spiro atoms. The summed E-state index contributed by atoms with van der Waals surface area (Å²) >= 11 is 0. The van der Waals surface area contributed by atoms with Gasteiger partial charge in [-0.05, 0) is 24.1 Å². The van der Waals surface area contributed by atoms with Crippen molar-refractivity contribution in [3.05, 3.63) is 53.1 Å². The molecule has 0 amide bonds. The Kier molecular flexibility index (Phi) is 4.05. The molecule has 3 heteroatoms. The minimum absolute atomic E-state index is 0.260. The third-order valence-electron chi connectivity index (χ3n) is 1.92. The van der Waals surface area contributed by atoms with Crippen LogP contribution in [0, 0.1) is 11.3 Å². The molecule has 0 saturated heterocycles. The first kappa shape index (κ1) is 11.7. The molecule has 0 heterocycles. The van der Waals surface area contributed by atoms with Crippen LogP contribution in [0.5, 0.6) is 0 Å². The van der Waals surface area contributed by atoms with Crippen LogP contribution in [-0.2, 0) is 4.79 Å². The van der Waals surface area contributed by atoms with Crippen molar-refractivity contribution < 1.29 is 9.90 Å². The van der Waals surface area contributed by atoms with Gasteiger partial charge in [0.2, 0.25) is 0 Å². The molecule has 0 fully saturated rings. The molecule has 1 rings (SSSR count). The van der Waals surface area contributed by atoms with Crippen molar-refractivity contribution in [3.63, 3.8) is 0 Å². The van der Waals surface area contributed by atoms with Gasteiger partial charge in [0.1, 0.15) is 11.6 Å². The lowest BCUT2D eigenvalue weighted by atomic mass is 10.1. The summed E-state index contributed by atoms with van der Waals surface area (Å²) in [7, 11) is 0. The molecule has 0 aliphatic heterocycles. The topological polar surface area (TPSA) is 61.1 Å². The summed E-state index contributed by atoms with van der Waals surface area (Å²) in [6, 6.07) is 11.1. The van der Waals surface area contributed by atoms with Crippen LogP contribution in [0.25, 0.3) is 6.08 Å². The lowest BCUT2D eigenvalue weighted by molar-refractivity contribution is -0.132. The van der Waals surface area contributed by atoms with Crippen molar-refractivity contribution in [2.45, 2.75) is 6.92 Å². The Morgan fingerprint density at radius 1 is 1.38 bits per heavy atom. The lowest BCUT2D eigenvalue weighted by Gasteiger charge is -1.95. The van der Waals surface area contributed by atoms with E-state index >= 15 is 0 Å². The smallest absolute Gasteiger partial charge is 0.346 e. The number of carbonyl (C=O) groups is 1. The van der Waals surface area contributed by atoms with Gasteiger partial charge >= 0.3 is 5.97 Å². The molecule has 0 bridgehead atoms. The van der Waals surface area contributed by atoms with Gasteiger partial charge in [0, 0.05) is 0 Å². The predicted octanol–water partition coefficient (Wildman–Crippen LogP) is 2.62. The van der Waals surface area contributed by atoms with E-state index in [9.17, 15) is 4.79 Å². The molecule has 1 aromatic carbocycles. The molecule has 16 heavy (non-hydrogen) atoms. The highest BCUT2D eigenvalue weighted by molar-refractivity contribution is 5.91. The van der Waals surface area contributed by atoms with Crippen molar-refractivity contribution in [2.24, 2.45) is 0 Å². The summed E-state index contributed by atoms with van der Waals surface area (Å²) in [5.74, 6) is -1.21. The molecule has 0 aromatic heterocycles. The fourth-order valence-corrected chi connectivity index (χ4v) is 1.22. The van der Waals surface area contributed by atoms with Crippen molar-refractivity contribution in [3.8, 4) is 6.07 Å². The normalized spacial score (nSPS) is 12.0. The second-order valence-electron chi connectivity index (χ2n) is 3.27. The van der Waals surface area contributed by atoms with Crippen molar-refractivity contribution >= 4 is 12.0 Å². The number of benzene rings is 1. The number of aliphatic carboxylic acids is 1. The van der Waals surface area contributed by atoms with E-state index < -0.39 is 5.97 Å². The zero-order valence-electron chi connectivity index (χ0n) is 8.84. The van der Waals surface area contributed by atoms with E-state index in [2.05, 4.69) is 0 Å².